The zero-order chi connectivity index (χ0) is 20.4. The molecule has 5 nitrogen and oxygen atoms in total. The van der Waals surface area contributed by atoms with Crippen molar-refractivity contribution in [1.82, 2.24) is 14.9 Å². The molecule has 0 aliphatic carbocycles. The fourth-order valence-corrected chi connectivity index (χ4v) is 2.97. The van der Waals surface area contributed by atoms with E-state index < -0.39 is 24.0 Å². The molecule has 1 aromatic carbocycles. The van der Waals surface area contributed by atoms with E-state index in [1.165, 1.54) is 24.0 Å². The van der Waals surface area contributed by atoms with Gasteiger partial charge >= 0.3 is 6.18 Å². The minimum Gasteiger partial charge on any atom is -0.460 e. The standard InChI is InChI=1S/C20H22F3N3O2/c1-14-3-5-15(6-4-14)17-8-7-16(28-17)13-24-10-9-19(27,20(21,22)23)18-25-11-12-26(18)2/h3-8,11-12,24,27H,9-10,13H2,1-2H3. The third-order valence-electron chi connectivity index (χ3n) is 4.62. The number of hydrogen-bond donors (Lipinski definition) is 2. The van der Waals surface area contributed by atoms with E-state index in [4.69, 9.17) is 4.42 Å². The Balaban J connectivity index is 1.60. The van der Waals surface area contributed by atoms with Gasteiger partial charge in [0.2, 0.25) is 5.60 Å². The number of halogens is 3. The molecule has 0 radical (unpaired) electrons. The monoisotopic (exact) mass is 393 g/mol. The van der Waals surface area contributed by atoms with E-state index in [-0.39, 0.29) is 13.1 Å². The second kappa shape index (κ2) is 7.81. The van der Waals surface area contributed by atoms with Gasteiger partial charge in [0, 0.05) is 31.4 Å². The molecule has 2 heterocycles. The lowest BCUT2D eigenvalue weighted by Gasteiger charge is -2.30. The molecule has 0 saturated heterocycles. The summed E-state index contributed by atoms with van der Waals surface area (Å²) in [5.74, 6) is 0.862. The molecule has 2 aromatic heterocycles. The van der Waals surface area contributed by atoms with E-state index in [0.717, 1.165) is 11.1 Å². The third-order valence-corrected chi connectivity index (χ3v) is 4.62. The first-order valence-corrected chi connectivity index (χ1v) is 8.84. The predicted octanol–water partition coefficient (Wildman–Crippen LogP) is 3.92. The van der Waals surface area contributed by atoms with Gasteiger partial charge in [-0.3, -0.25) is 0 Å². The van der Waals surface area contributed by atoms with Gasteiger partial charge in [-0.25, -0.2) is 4.98 Å². The zero-order valence-electron chi connectivity index (χ0n) is 15.6. The Morgan fingerprint density at radius 1 is 1.14 bits per heavy atom. The molecule has 0 fully saturated rings. The van der Waals surface area contributed by atoms with Crippen molar-refractivity contribution in [2.45, 2.75) is 31.7 Å². The van der Waals surface area contributed by atoms with E-state index in [1.807, 2.05) is 37.3 Å². The van der Waals surface area contributed by atoms with Crippen LogP contribution in [0.15, 0.2) is 53.2 Å². The van der Waals surface area contributed by atoms with Gasteiger partial charge in [0.15, 0.2) is 0 Å². The molecule has 0 spiro atoms. The number of nitrogens with one attached hydrogen (secondary N) is 1. The Kier molecular flexibility index (Phi) is 5.62. The second-order valence-corrected chi connectivity index (χ2v) is 6.78. The molecule has 0 amide bonds. The number of furan rings is 1. The average molecular weight is 393 g/mol. The van der Waals surface area contributed by atoms with Gasteiger partial charge in [-0.2, -0.15) is 13.2 Å². The molecule has 150 valence electrons. The number of aromatic nitrogens is 2. The minimum absolute atomic E-state index is 0.0660. The lowest BCUT2D eigenvalue weighted by molar-refractivity contribution is -0.272. The number of alkyl halides is 3. The van der Waals surface area contributed by atoms with Crippen LogP contribution < -0.4 is 5.32 Å². The normalized spacial score (nSPS) is 14.2. The highest BCUT2D eigenvalue weighted by Crippen LogP contribution is 2.40. The summed E-state index contributed by atoms with van der Waals surface area (Å²) in [4.78, 5) is 3.68. The van der Waals surface area contributed by atoms with Crippen molar-refractivity contribution in [3.8, 4) is 11.3 Å². The van der Waals surface area contributed by atoms with Crippen LogP contribution in [0.4, 0.5) is 13.2 Å². The summed E-state index contributed by atoms with van der Waals surface area (Å²) in [5, 5.41) is 13.2. The Labute approximate surface area is 160 Å². The first kappa shape index (κ1) is 20.2. The molecule has 3 aromatic rings. The Morgan fingerprint density at radius 3 is 2.46 bits per heavy atom. The van der Waals surface area contributed by atoms with Crippen LogP contribution in [0.2, 0.25) is 0 Å². The van der Waals surface area contributed by atoms with Crippen molar-refractivity contribution in [3.63, 3.8) is 0 Å². The SMILES string of the molecule is Cc1ccc(-c2ccc(CNCCC(O)(c3nccn3C)C(F)(F)F)o2)cc1. The van der Waals surface area contributed by atoms with Gasteiger partial charge in [0.25, 0.3) is 0 Å². The van der Waals surface area contributed by atoms with Crippen LogP contribution in [-0.4, -0.2) is 27.4 Å². The molecule has 0 saturated carbocycles. The number of aryl methyl sites for hydroxylation is 2. The van der Waals surface area contributed by atoms with E-state index in [1.54, 1.807) is 6.07 Å². The Morgan fingerprint density at radius 2 is 1.86 bits per heavy atom. The summed E-state index contributed by atoms with van der Waals surface area (Å²) in [6, 6.07) is 11.4. The van der Waals surface area contributed by atoms with Crippen molar-refractivity contribution in [2.75, 3.05) is 6.54 Å². The van der Waals surface area contributed by atoms with Crippen molar-refractivity contribution in [3.05, 3.63) is 65.9 Å². The smallest absolute Gasteiger partial charge is 0.424 e. The molecule has 1 unspecified atom stereocenters. The second-order valence-electron chi connectivity index (χ2n) is 6.78. The highest BCUT2D eigenvalue weighted by molar-refractivity contribution is 5.57. The lowest BCUT2D eigenvalue weighted by atomic mass is 9.97. The molecule has 0 aliphatic rings. The average Bonchev–Trinajstić information content (AvgIpc) is 3.27. The summed E-state index contributed by atoms with van der Waals surface area (Å²) in [5.41, 5.74) is -0.950. The highest BCUT2D eigenvalue weighted by atomic mass is 19.4. The van der Waals surface area contributed by atoms with Gasteiger partial charge in [-0.1, -0.05) is 29.8 Å². The fourth-order valence-electron chi connectivity index (χ4n) is 2.97. The van der Waals surface area contributed by atoms with Gasteiger partial charge in [-0.05, 0) is 25.6 Å². The van der Waals surface area contributed by atoms with E-state index in [9.17, 15) is 18.3 Å². The molecule has 8 heteroatoms. The van der Waals surface area contributed by atoms with E-state index >= 15 is 0 Å². The molecular formula is C20H22F3N3O2. The number of hydrogen-bond acceptors (Lipinski definition) is 4. The lowest BCUT2D eigenvalue weighted by Crippen LogP contribution is -2.46. The number of nitrogens with zero attached hydrogens (tertiary/aromatic N) is 2. The summed E-state index contributed by atoms with van der Waals surface area (Å²) in [6.07, 6.45) is -2.80. The third kappa shape index (κ3) is 4.13. The maximum absolute atomic E-state index is 13.5. The van der Waals surface area contributed by atoms with Gasteiger partial charge < -0.3 is 19.4 Å². The quantitative estimate of drug-likeness (QED) is 0.598. The maximum atomic E-state index is 13.5. The Bertz CT molecular complexity index is 915. The summed E-state index contributed by atoms with van der Waals surface area (Å²) in [6.45, 7) is 2.18. The molecule has 3 rings (SSSR count). The minimum atomic E-state index is -4.84. The largest absolute Gasteiger partial charge is 0.460 e. The van der Waals surface area contributed by atoms with Crippen molar-refractivity contribution in [1.29, 1.82) is 0 Å². The van der Waals surface area contributed by atoms with Crippen molar-refractivity contribution < 1.29 is 22.7 Å². The number of imidazole rings is 1. The van der Waals surface area contributed by atoms with Gasteiger partial charge in [-0.15, -0.1) is 0 Å². The molecular weight excluding hydrogens is 371 g/mol. The highest BCUT2D eigenvalue weighted by Gasteiger charge is 2.56. The number of aliphatic hydroxyl groups is 1. The van der Waals surface area contributed by atoms with Gasteiger partial charge in [0.05, 0.1) is 6.54 Å². The summed E-state index contributed by atoms with van der Waals surface area (Å²) >= 11 is 0. The van der Waals surface area contributed by atoms with Crippen LogP contribution in [-0.2, 0) is 19.2 Å². The first-order valence-electron chi connectivity index (χ1n) is 8.84. The van der Waals surface area contributed by atoms with E-state index in [2.05, 4.69) is 10.3 Å². The topological polar surface area (TPSA) is 63.2 Å². The molecule has 1 atom stereocenters. The van der Waals surface area contributed by atoms with Crippen LogP contribution in [0.5, 0.6) is 0 Å². The molecule has 2 N–H and O–H groups in total. The molecule has 28 heavy (non-hydrogen) atoms. The van der Waals surface area contributed by atoms with Gasteiger partial charge in [0.1, 0.15) is 17.3 Å². The zero-order valence-corrected chi connectivity index (χ0v) is 15.6. The van der Waals surface area contributed by atoms with Crippen molar-refractivity contribution in [2.24, 2.45) is 7.05 Å². The van der Waals surface area contributed by atoms with Crippen molar-refractivity contribution >= 4 is 0 Å². The number of rotatable bonds is 7. The summed E-state index contributed by atoms with van der Waals surface area (Å²) < 4.78 is 47.3. The van der Waals surface area contributed by atoms with Crippen LogP contribution in [0.1, 0.15) is 23.6 Å². The van der Waals surface area contributed by atoms with E-state index in [0.29, 0.717) is 11.5 Å². The predicted molar refractivity (Wildman–Crippen MR) is 98.4 cm³/mol. The maximum Gasteiger partial charge on any atom is 0.424 e. The summed E-state index contributed by atoms with van der Waals surface area (Å²) in [7, 11) is 1.42. The van der Waals surface area contributed by atoms with Crippen LogP contribution in [0, 0.1) is 6.92 Å². The molecule has 0 aliphatic heterocycles. The van der Waals surface area contributed by atoms with Crippen LogP contribution in [0.3, 0.4) is 0 Å². The molecule has 0 bridgehead atoms. The number of benzene rings is 1. The van der Waals surface area contributed by atoms with Crippen LogP contribution >= 0.6 is 0 Å². The first-order chi connectivity index (χ1) is 13.2. The van der Waals surface area contributed by atoms with Crippen LogP contribution in [0.25, 0.3) is 11.3 Å². The Hall–Kier alpha value is -2.58. The fraction of sp³-hybridized carbons (Fsp3) is 0.350.